The summed E-state index contributed by atoms with van der Waals surface area (Å²) in [5.74, 6) is 0. The van der Waals surface area contributed by atoms with Gasteiger partial charge in [-0.1, -0.05) is 38.3 Å². The first kappa shape index (κ1) is 22.7. The van der Waals surface area contributed by atoms with Gasteiger partial charge in [0.2, 0.25) is 11.4 Å². The van der Waals surface area contributed by atoms with Crippen molar-refractivity contribution in [1.82, 2.24) is 0 Å². The molecule has 0 spiro atoms. The van der Waals surface area contributed by atoms with Crippen molar-refractivity contribution in [3.8, 4) is 0 Å². The van der Waals surface area contributed by atoms with Crippen LogP contribution in [0.2, 0.25) is 0 Å². The van der Waals surface area contributed by atoms with E-state index in [9.17, 15) is 25.0 Å². The first-order valence-electron chi connectivity index (χ1n) is 8.78. The maximum atomic E-state index is 11.0. The van der Waals surface area contributed by atoms with E-state index in [1.54, 1.807) is 24.3 Å². The van der Waals surface area contributed by atoms with Gasteiger partial charge in [0.1, 0.15) is 6.29 Å². The highest BCUT2D eigenvalue weighted by Crippen LogP contribution is 2.13. The summed E-state index contributed by atoms with van der Waals surface area (Å²) in [4.78, 5) is 31.2. The van der Waals surface area contributed by atoms with Crippen LogP contribution in [0.25, 0.3) is 0 Å². The van der Waals surface area contributed by atoms with Crippen molar-refractivity contribution in [2.75, 3.05) is 0 Å². The highest BCUT2D eigenvalue weighted by Gasteiger charge is 2.09. The van der Waals surface area contributed by atoms with Crippen molar-refractivity contribution < 1.29 is 14.6 Å². The molecule has 0 aromatic carbocycles. The first-order valence-corrected chi connectivity index (χ1v) is 8.78. The quantitative estimate of drug-likeness (QED) is 0.136. The molecule has 0 aliphatic heterocycles. The maximum absolute atomic E-state index is 11.0. The van der Waals surface area contributed by atoms with Gasteiger partial charge in [0.05, 0.1) is 16.3 Å². The molecule has 7 heteroatoms. The van der Waals surface area contributed by atoms with Gasteiger partial charge in [-0.3, -0.25) is 20.2 Å². The van der Waals surface area contributed by atoms with Crippen molar-refractivity contribution in [2.24, 2.45) is 0 Å². The molecule has 0 unspecified atom stereocenters. The van der Waals surface area contributed by atoms with E-state index in [0.717, 1.165) is 38.4 Å². The molecule has 0 saturated carbocycles. The van der Waals surface area contributed by atoms with Crippen LogP contribution in [0.5, 0.6) is 0 Å². The normalized spacial score (nSPS) is 12.5. The number of nitro groups is 2. The minimum atomic E-state index is -0.402. The molecule has 25 heavy (non-hydrogen) atoms. The second-order valence-electron chi connectivity index (χ2n) is 5.70. The zero-order valence-electron chi connectivity index (χ0n) is 14.9. The van der Waals surface area contributed by atoms with Crippen LogP contribution in [0.15, 0.2) is 35.7 Å². The van der Waals surface area contributed by atoms with E-state index in [2.05, 4.69) is 0 Å². The predicted molar refractivity (Wildman–Crippen MR) is 97.2 cm³/mol. The number of unbranched alkanes of at least 4 members (excludes halogenated alkanes) is 5. The van der Waals surface area contributed by atoms with Crippen LogP contribution < -0.4 is 0 Å². The largest absolute Gasteiger partial charge is 0.303 e. The van der Waals surface area contributed by atoms with E-state index >= 15 is 0 Å². The Morgan fingerprint density at radius 3 is 2.12 bits per heavy atom. The lowest BCUT2D eigenvalue weighted by Gasteiger charge is -2.00. The molecule has 0 aromatic heterocycles. The van der Waals surface area contributed by atoms with Gasteiger partial charge in [0, 0.05) is 12.8 Å². The topological polar surface area (TPSA) is 103 Å². The van der Waals surface area contributed by atoms with E-state index in [1.165, 1.54) is 0 Å². The standard InChI is InChI=1S/C18H28N2O5/c1-2-12-17(19(22)23)13-9-7-10-15-18(20(24)25)14-8-5-3-4-6-11-16-21/h7,9,12,15-16H,2-6,8,10-11,13-14H2,1H3/b9-7-,17-12+,18-15+. The molecule has 0 radical (unpaired) electrons. The number of aldehydes is 1. The highest BCUT2D eigenvalue weighted by molar-refractivity contribution is 5.48. The molecule has 0 heterocycles. The van der Waals surface area contributed by atoms with E-state index in [1.807, 2.05) is 6.92 Å². The maximum Gasteiger partial charge on any atom is 0.246 e. The minimum Gasteiger partial charge on any atom is -0.303 e. The van der Waals surface area contributed by atoms with Gasteiger partial charge >= 0.3 is 0 Å². The predicted octanol–water partition coefficient (Wildman–Crippen LogP) is 4.98. The number of nitrogens with zero attached hydrogens (tertiary/aromatic N) is 2. The summed E-state index contributed by atoms with van der Waals surface area (Å²) in [6.45, 7) is 1.83. The van der Waals surface area contributed by atoms with Crippen LogP contribution in [0.4, 0.5) is 0 Å². The lowest BCUT2D eigenvalue weighted by molar-refractivity contribution is -0.428. The smallest absolute Gasteiger partial charge is 0.246 e. The molecule has 0 aliphatic rings. The van der Waals surface area contributed by atoms with Crippen LogP contribution in [-0.4, -0.2) is 16.1 Å². The molecule has 0 aromatic rings. The molecule has 0 aliphatic carbocycles. The molecule has 0 fully saturated rings. The zero-order valence-corrected chi connectivity index (χ0v) is 14.9. The van der Waals surface area contributed by atoms with Crippen LogP contribution in [0.3, 0.4) is 0 Å². The number of allylic oxidation sites excluding steroid dienone is 5. The van der Waals surface area contributed by atoms with Gasteiger partial charge in [-0.2, -0.15) is 0 Å². The number of hydrogen-bond acceptors (Lipinski definition) is 5. The van der Waals surface area contributed by atoms with Crippen molar-refractivity contribution in [2.45, 2.75) is 71.1 Å². The Bertz CT molecular complexity index is 510. The number of hydrogen-bond donors (Lipinski definition) is 0. The average Bonchev–Trinajstić information content (AvgIpc) is 2.57. The summed E-state index contributed by atoms with van der Waals surface area (Å²) in [7, 11) is 0. The van der Waals surface area contributed by atoms with Crippen molar-refractivity contribution in [3.05, 3.63) is 55.9 Å². The average molecular weight is 352 g/mol. The summed E-state index contributed by atoms with van der Waals surface area (Å²) in [6.07, 6.45) is 14.2. The van der Waals surface area contributed by atoms with Crippen LogP contribution >= 0.6 is 0 Å². The Morgan fingerprint density at radius 1 is 0.880 bits per heavy atom. The summed E-state index contributed by atoms with van der Waals surface area (Å²) >= 11 is 0. The van der Waals surface area contributed by atoms with Crippen LogP contribution in [0.1, 0.15) is 71.1 Å². The Labute approximate surface area is 148 Å². The van der Waals surface area contributed by atoms with Crippen LogP contribution in [0, 0.1) is 20.2 Å². The summed E-state index contributed by atoms with van der Waals surface area (Å²) in [5, 5.41) is 21.8. The van der Waals surface area contributed by atoms with E-state index < -0.39 is 4.92 Å². The van der Waals surface area contributed by atoms with E-state index in [0.29, 0.717) is 25.7 Å². The third-order valence-electron chi connectivity index (χ3n) is 3.65. The van der Waals surface area contributed by atoms with Gasteiger partial charge in [-0.05, 0) is 37.8 Å². The second-order valence-corrected chi connectivity index (χ2v) is 5.70. The van der Waals surface area contributed by atoms with Gasteiger partial charge < -0.3 is 4.79 Å². The lowest BCUT2D eigenvalue weighted by atomic mass is 10.1. The zero-order chi connectivity index (χ0) is 18.9. The SMILES string of the molecule is CC/C=C(\C/C=C\C/C=C(\CCCCCCCC=O)[N+](=O)[O-])[N+](=O)[O-]. The van der Waals surface area contributed by atoms with Crippen molar-refractivity contribution >= 4 is 6.29 Å². The van der Waals surface area contributed by atoms with E-state index in [4.69, 9.17) is 0 Å². The highest BCUT2D eigenvalue weighted by atomic mass is 16.6. The monoisotopic (exact) mass is 352 g/mol. The van der Waals surface area contributed by atoms with Crippen molar-refractivity contribution in [3.63, 3.8) is 0 Å². The second kappa shape index (κ2) is 15.2. The molecule has 0 saturated heterocycles. The Balaban J connectivity index is 4.20. The van der Waals surface area contributed by atoms with Crippen molar-refractivity contribution in [1.29, 1.82) is 0 Å². The van der Waals surface area contributed by atoms with Gasteiger partial charge in [0.25, 0.3) is 0 Å². The summed E-state index contributed by atoms with van der Waals surface area (Å²) in [5.41, 5.74) is 0.336. The van der Waals surface area contributed by atoms with Crippen LogP contribution in [-0.2, 0) is 4.79 Å². The minimum absolute atomic E-state index is 0.145. The van der Waals surface area contributed by atoms with Gasteiger partial charge in [-0.15, -0.1) is 0 Å². The fraction of sp³-hybridized carbons (Fsp3) is 0.611. The van der Waals surface area contributed by atoms with E-state index in [-0.39, 0.29) is 22.7 Å². The molecular formula is C18H28N2O5. The van der Waals surface area contributed by atoms with Gasteiger partial charge in [0.15, 0.2) is 0 Å². The fourth-order valence-electron chi connectivity index (χ4n) is 2.30. The number of carbonyl (C=O) groups is 1. The molecule has 0 atom stereocenters. The molecule has 0 bridgehead atoms. The third-order valence-corrected chi connectivity index (χ3v) is 3.65. The molecule has 0 rings (SSSR count). The third kappa shape index (κ3) is 12.7. The summed E-state index contributed by atoms with van der Waals surface area (Å²) < 4.78 is 0. The Morgan fingerprint density at radius 2 is 1.52 bits per heavy atom. The Kier molecular flexibility index (Phi) is 13.8. The van der Waals surface area contributed by atoms with Gasteiger partial charge in [-0.25, -0.2) is 0 Å². The first-order chi connectivity index (χ1) is 12.0. The fourth-order valence-corrected chi connectivity index (χ4v) is 2.30. The number of rotatable bonds is 15. The lowest BCUT2D eigenvalue weighted by Crippen LogP contribution is -1.99. The molecule has 7 nitrogen and oxygen atoms in total. The number of carbonyl (C=O) groups excluding carboxylic acids is 1. The Hall–Kier alpha value is -2.31. The molecule has 140 valence electrons. The molecule has 0 amide bonds. The summed E-state index contributed by atoms with van der Waals surface area (Å²) in [6, 6.07) is 0. The molecular weight excluding hydrogens is 324 g/mol. The molecule has 0 N–H and O–H groups in total.